The van der Waals surface area contributed by atoms with Gasteiger partial charge in [0.2, 0.25) is 5.69 Å². The third-order valence-corrected chi connectivity index (χ3v) is 4.29. The van der Waals surface area contributed by atoms with Crippen LogP contribution in [0.5, 0.6) is 5.75 Å². The van der Waals surface area contributed by atoms with Crippen LogP contribution in [0.2, 0.25) is 0 Å². The zero-order valence-corrected chi connectivity index (χ0v) is 16.0. The summed E-state index contributed by atoms with van der Waals surface area (Å²) >= 11 is 0. The number of nitrogens with zero attached hydrogens (tertiary/aromatic N) is 2. The Morgan fingerprint density at radius 1 is 0.846 bits per heavy atom. The first-order valence-corrected chi connectivity index (χ1v) is 9.73. The molecule has 0 radical (unpaired) electrons. The van der Waals surface area contributed by atoms with Crippen LogP contribution in [0.3, 0.4) is 0 Å². The number of azo groups is 1. The zero-order valence-electron chi connectivity index (χ0n) is 16.0. The molecular weight excluding hydrogens is 324 g/mol. The highest BCUT2D eigenvalue weighted by Crippen LogP contribution is 2.21. The van der Waals surface area contributed by atoms with Crippen LogP contribution in [0.1, 0.15) is 57.9 Å². The van der Waals surface area contributed by atoms with Crippen LogP contribution in [-0.4, -0.2) is 11.5 Å². The highest BCUT2D eigenvalue weighted by Gasteiger charge is 2.05. The summed E-state index contributed by atoms with van der Waals surface area (Å²) in [7, 11) is 0. The number of unbranched alkanes of at least 4 members (excludes halogenated alkanes) is 4. The molecule has 2 aromatic rings. The third kappa shape index (κ3) is 6.87. The fourth-order valence-corrected chi connectivity index (χ4v) is 2.66. The van der Waals surface area contributed by atoms with Gasteiger partial charge in [0.25, 0.3) is 0 Å². The molecule has 0 saturated heterocycles. The smallest absolute Gasteiger partial charge is 0.245 e. The molecule has 0 amide bonds. The number of hydrogen-bond donors (Lipinski definition) is 0. The van der Waals surface area contributed by atoms with E-state index in [9.17, 15) is 5.21 Å². The molecule has 0 heterocycles. The molecule has 0 aliphatic heterocycles. The lowest BCUT2D eigenvalue weighted by Crippen LogP contribution is -1.97. The van der Waals surface area contributed by atoms with Crippen molar-refractivity contribution in [2.24, 2.45) is 5.11 Å². The lowest BCUT2D eigenvalue weighted by Gasteiger charge is -2.06. The first-order chi connectivity index (χ1) is 12.7. The first kappa shape index (κ1) is 20.0. The highest BCUT2D eigenvalue weighted by atomic mass is 16.5. The Morgan fingerprint density at radius 2 is 1.54 bits per heavy atom. The first-order valence-electron chi connectivity index (χ1n) is 9.73. The van der Waals surface area contributed by atoms with Gasteiger partial charge in [0.15, 0.2) is 0 Å². The van der Waals surface area contributed by atoms with Gasteiger partial charge in [0.05, 0.1) is 6.61 Å². The molecule has 2 rings (SSSR count). The summed E-state index contributed by atoms with van der Waals surface area (Å²) in [5.41, 5.74) is 2.44. The fourth-order valence-electron chi connectivity index (χ4n) is 2.66. The number of ether oxygens (including phenoxy) is 1. The normalized spacial score (nSPS) is 11.5. The van der Waals surface area contributed by atoms with Crippen molar-refractivity contribution in [1.29, 1.82) is 0 Å². The largest absolute Gasteiger partial charge is 0.594 e. The van der Waals surface area contributed by atoms with Gasteiger partial charge in [-0.2, -0.15) is 0 Å². The summed E-state index contributed by atoms with van der Waals surface area (Å²) in [6, 6.07) is 15.0. The van der Waals surface area contributed by atoms with Crippen LogP contribution in [-0.2, 0) is 6.42 Å². The predicted molar refractivity (Wildman–Crippen MR) is 107 cm³/mol. The van der Waals surface area contributed by atoms with E-state index in [2.05, 4.69) is 19.0 Å². The minimum atomic E-state index is 0.499. The summed E-state index contributed by atoms with van der Waals surface area (Å²) in [6.45, 7) is 5.09. The molecule has 4 nitrogen and oxygen atoms in total. The number of aryl methyl sites for hydroxylation is 1. The van der Waals surface area contributed by atoms with Gasteiger partial charge >= 0.3 is 0 Å². The van der Waals surface area contributed by atoms with Crippen molar-refractivity contribution in [3.05, 3.63) is 59.3 Å². The van der Waals surface area contributed by atoms with Crippen molar-refractivity contribution in [3.8, 4) is 5.75 Å². The Balaban J connectivity index is 1.89. The van der Waals surface area contributed by atoms with Crippen molar-refractivity contribution in [1.82, 2.24) is 0 Å². The van der Waals surface area contributed by atoms with Gasteiger partial charge in [-0.05, 0) is 49.1 Å². The predicted octanol–water partition coefficient (Wildman–Crippen LogP) is 6.91. The minimum Gasteiger partial charge on any atom is -0.594 e. The molecule has 0 unspecified atom stereocenters. The number of hydrogen-bond acceptors (Lipinski definition) is 3. The Morgan fingerprint density at radius 3 is 2.19 bits per heavy atom. The van der Waals surface area contributed by atoms with E-state index in [0.29, 0.717) is 16.2 Å². The second-order valence-corrected chi connectivity index (χ2v) is 6.55. The Labute approximate surface area is 157 Å². The standard InChI is InChI=1S/C22H30N2O2/c1-3-5-7-8-18-26-22-16-14-21(15-17-22)24(25)23-20-12-10-19(11-13-20)9-6-4-2/h10-17H,3-9,18H2,1-2H3. The molecular formula is C22H30N2O2. The molecule has 0 N–H and O–H groups in total. The van der Waals surface area contributed by atoms with Gasteiger partial charge in [-0.15, -0.1) is 0 Å². The third-order valence-electron chi connectivity index (χ3n) is 4.29. The molecule has 26 heavy (non-hydrogen) atoms. The summed E-state index contributed by atoms with van der Waals surface area (Å²) in [5.74, 6) is 0.791. The zero-order chi connectivity index (χ0) is 18.6. The average molecular weight is 354 g/mol. The molecule has 2 aromatic carbocycles. The van der Waals surface area contributed by atoms with E-state index in [1.165, 1.54) is 37.7 Å². The Bertz CT molecular complexity index is 664. The average Bonchev–Trinajstić information content (AvgIpc) is 2.68. The van der Waals surface area contributed by atoms with E-state index in [0.717, 1.165) is 25.2 Å². The van der Waals surface area contributed by atoms with Gasteiger partial charge in [-0.3, -0.25) is 0 Å². The van der Waals surface area contributed by atoms with Gasteiger partial charge in [-0.25, -0.2) is 0 Å². The van der Waals surface area contributed by atoms with Crippen LogP contribution in [0, 0.1) is 5.21 Å². The monoisotopic (exact) mass is 354 g/mol. The molecule has 0 fully saturated rings. The number of benzene rings is 2. The van der Waals surface area contributed by atoms with E-state index in [4.69, 9.17) is 4.74 Å². The van der Waals surface area contributed by atoms with Crippen LogP contribution in [0.4, 0.5) is 11.4 Å². The number of rotatable bonds is 11. The van der Waals surface area contributed by atoms with Gasteiger partial charge in [-0.1, -0.05) is 56.5 Å². The van der Waals surface area contributed by atoms with Gasteiger partial charge in [0.1, 0.15) is 11.4 Å². The molecule has 0 aliphatic rings. The van der Waals surface area contributed by atoms with Crippen LogP contribution < -0.4 is 4.74 Å². The van der Waals surface area contributed by atoms with E-state index in [1.807, 2.05) is 36.4 Å². The summed E-state index contributed by atoms with van der Waals surface area (Å²) in [5, 5.41) is 16.3. The second-order valence-electron chi connectivity index (χ2n) is 6.55. The molecule has 0 spiro atoms. The highest BCUT2D eigenvalue weighted by molar-refractivity contribution is 5.39. The van der Waals surface area contributed by atoms with Crippen molar-refractivity contribution in [3.63, 3.8) is 0 Å². The second kappa shape index (κ2) is 11.3. The lowest BCUT2D eigenvalue weighted by atomic mass is 10.1. The van der Waals surface area contributed by atoms with E-state index in [1.54, 1.807) is 12.1 Å². The van der Waals surface area contributed by atoms with E-state index in [-0.39, 0.29) is 0 Å². The maximum atomic E-state index is 12.2. The molecule has 0 aliphatic carbocycles. The van der Waals surface area contributed by atoms with Crippen molar-refractivity contribution in [2.75, 3.05) is 6.61 Å². The molecule has 0 bridgehead atoms. The van der Waals surface area contributed by atoms with Gasteiger partial charge in [0, 0.05) is 17.2 Å². The van der Waals surface area contributed by atoms with E-state index >= 15 is 0 Å². The van der Waals surface area contributed by atoms with E-state index < -0.39 is 0 Å². The van der Waals surface area contributed by atoms with Crippen molar-refractivity contribution >= 4 is 11.4 Å². The molecule has 0 aromatic heterocycles. The quantitative estimate of drug-likeness (QED) is 0.190. The lowest BCUT2D eigenvalue weighted by molar-refractivity contribution is -0.435. The maximum absolute atomic E-state index is 12.2. The van der Waals surface area contributed by atoms with Crippen LogP contribution >= 0.6 is 0 Å². The van der Waals surface area contributed by atoms with Gasteiger partial charge < -0.3 is 9.94 Å². The molecule has 0 atom stereocenters. The molecule has 4 heteroatoms. The molecule has 0 saturated carbocycles. The fraction of sp³-hybridized carbons (Fsp3) is 0.455. The minimum absolute atomic E-state index is 0.499. The summed E-state index contributed by atoms with van der Waals surface area (Å²) < 4.78 is 5.70. The van der Waals surface area contributed by atoms with Crippen molar-refractivity contribution < 1.29 is 9.60 Å². The van der Waals surface area contributed by atoms with Crippen molar-refractivity contribution in [2.45, 2.75) is 58.8 Å². The van der Waals surface area contributed by atoms with Crippen LogP contribution in [0.15, 0.2) is 53.6 Å². The maximum Gasteiger partial charge on any atom is 0.245 e. The topological polar surface area (TPSA) is 47.7 Å². The Kier molecular flexibility index (Phi) is 8.67. The summed E-state index contributed by atoms with van der Waals surface area (Å²) in [6.07, 6.45) is 8.15. The molecule has 140 valence electrons. The SMILES string of the molecule is CCCCCCOc1ccc([N+]([O-])=Nc2ccc(CCCC)cc2)cc1. The van der Waals surface area contributed by atoms with Crippen LogP contribution in [0.25, 0.3) is 0 Å². The Hall–Kier alpha value is -2.36. The summed E-state index contributed by atoms with van der Waals surface area (Å²) in [4.78, 5) is 0.659.